The van der Waals surface area contributed by atoms with E-state index in [2.05, 4.69) is 5.32 Å². The highest BCUT2D eigenvalue weighted by Gasteiger charge is 2.72. The molecule has 2 aromatic rings. The number of ether oxygens (including phenoxy) is 1. The summed E-state index contributed by atoms with van der Waals surface area (Å²) < 4.78 is 5.53. The van der Waals surface area contributed by atoms with Crippen molar-refractivity contribution in [3.8, 4) is 0 Å². The third-order valence-electron chi connectivity index (χ3n) is 7.79. The van der Waals surface area contributed by atoms with Crippen molar-refractivity contribution in [2.24, 2.45) is 11.8 Å². The molecule has 2 fully saturated rings. The monoisotopic (exact) mass is 498 g/mol. The van der Waals surface area contributed by atoms with Gasteiger partial charge in [-0.3, -0.25) is 19.3 Å². The largest absolute Gasteiger partial charge is 0.376 e. The summed E-state index contributed by atoms with van der Waals surface area (Å²) in [6.07, 6.45) is 1.96. The Morgan fingerprint density at radius 2 is 1.44 bits per heavy atom. The summed E-state index contributed by atoms with van der Waals surface area (Å²) in [5.74, 6) is -2.63. The van der Waals surface area contributed by atoms with Gasteiger partial charge < -0.3 is 10.1 Å². The van der Waals surface area contributed by atoms with Crippen LogP contribution in [0.4, 0.5) is 0 Å². The Hall–Kier alpha value is -2.41. The normalized spacial score (nSPS) is 33.0. The number of nitrogens with zero attached hydrogens (tertiary/aromatic N) is 1. The van der Waals surface area contributed by atoms with Crippen LogP contribution in [0.15, 0.2) is 48.5 Å². The number of likely N-dealkylation sites (tertiary alicyclic amines) is 1. The highest BCUT2D eigenvalue weighted by molar-refractivity contribution is 6.36. The van der Waals surface area contributed by atoms with E-state index >= 15 is 0 Å². The summed E-state index contributed by atoms with van der Waals surface area (Å²) in [5.41, 5.74) is 3.07. The van der Waals surface area contributed by atoms with Gasteiger partial charge in [-0.05, 0) is 35.1 Å². The Morgan fingerprint density at radius 1 is 0.941 bits per heavy atom. The van der Waals surface area contributed by atoms with Gasteiger partial charge in [0.15, 0.2) is 0 Å². The molecule has 6 nitrogen and oxygen atoms in total. The van der Waals surface area contributed by atoms with E-state index in [4.69, 9.17) is 27.9 Å². The lowest BCUT2D eigenvalue weighted by Gasteiger charge is -2.54. The molecule has 1 N–H and O–H groups in total. The molecular weight excluding hydrogens is 475 g/mol. The summed E-state index contributed by atoms with van der Waals surface area (Å²) in [7, 11) is 0. The van der Waals surface area contributed by atoms with Gasteiger partial charge in [0.1, 0.15) is 9.75 Å². The molecule has 7 rings (SSSR count). The number of halogens is 2. The molecular formula is C26H24Cl2N2O4. The highest BCUT2D eigenvalue weighted by Crippen LogP contribution is 2.69. The van der Waals surface area contributed by atoms with Gasteiger partial charge in [-0.1, -0.05) is 48.5 Å². The van der Waals surface area contributed by atoms with Gasteiger partial charge in [0.05, 0.1) is 17.9 Å². The van der Waals surface area contributed by atoms with E-state index in [9.17, 15) is 14.4 Å². The van der Waals surface area contributed by atoms with E-state index in [-0.39, 0.29) is 36.8 Å². The van der Waals surface area contributed by atoms with E-state index in [1.807, 2.05) is 48.5 Å². The van der Waals surface area contributed by atoms with Crippen LogP contribution < -0.4 is 5.32 Å². The van der Waals surface area contributed by atoms with Crippen LogP contribution in [0.1, 0.15) is 41.5 Å². The second-order valence-electron chi connectivity index (χ2n) is 9.49. The number of benzene rings is 2. The molecule has 3 aliphatic carbocycles. The van der Waals surface area contributed by atoms with Crippen LogP contribution in [-0.4, -0.2) is 48.4 Å². The van der Waals surface area contributed by atoms with Crippen molar-refractivity contribution in [3.05, 3.63) is 70.8 Å². The summed E-state index contributed by atoms with van der Waals surface area (Å²) in [4.78, 5) is 38.6. The average molecular weight is 499 g/mol. The van der Waals surface area contributed by atoms with E-state index < -0.39 is 21.6 Å². The molecule has 2 saturated heterocycles. The third kappa shape index (κ3) is 2.82. The van der Waals surface area contributed by atoms with Gasteiger partial charge in [-0.25, -0.2) is 0 Å². The van der Waals surface area contributed by atoms with E-state index in [0.717, 1.165) is 35.1 Å². The van der Waals surface area contributed by atoms with E-state index in [1.165, 1.54) is 4.90 Å². The predicted octanol–water partition coefficient (Wildman–Crippen LogP) is 3.26. The maximum absolute atomic E-state index is 13.7. The van der Waals surface area contributed by atoms with Crippen molar-refractivity contribution >= 4 is 40.9 Å². The second-order valence-corrected chi connectivity index (χ2v) is 10.7. The number of hydrogen-bond acceptors (Lipinski definition) is 4. The first-order valence-electron chi connectivity index (χ1n) is 11.7. The van der Waals surface area contributed by atoms with Crippen LogP contribution >= 0.6 is 23.2 Å². The summed E-state index contributed by atoms with van der Waals surface area (Å²) in [6.45, 7) is 1.14. The first-order valence-corrected chi connectivity index (χ1v) is 12.5. The number of rotatable bonds is 5. The molecule has 3 amide bonds. The van der Waals surface area contributed by atoms with Crippen molar-refractivity contribution in [2.75, 3.05) is 19.7 Å². The number of nitrogens with one attached hydrogen (secondary N) is 1. The third-order valence-corrected chi connectivity index (χ3v) is 9.07. The topological polar surface area (TPSA) is 75.7 Å². The first kappa shape index (κ1) is 22.1. The molecule has 0 saturated carbocycles. The molecule has 176 valence electrons. The van der Waals surface area contributed by atoms with Gasteiger partial charge in [-0.2, -0.15) is 0 Å². The zero-order valence-electron chi connectivity index (χ0n) is 18.4. The van der Waals surface area contributed by atoms with Crippen LogP contribution in [0.2, 0.25) is 0 Å². The molecule has 0 aromatic heterocycles. The minimum Gasteiger partial charge on any atom is -0.376 e. The standard InChI is InChI=1S/C26H24Cl2N2O4/c27-25-16-7-1-2-8-17(16)26(28,19-10-4-3-9-18(19)25)22-21(25)23(32)30(24(22)33)12-11-20(31)29-14-15-6-5-13-34-15/h1-4,7-10,15,21-22H,5-6,11-14H2,(H,29,31)/t15-,21+,22+,25?,26?/m1/s1. The van der Waals surface area contributed by atoms with Gasteiger partial charge in [0, 0.05) is 26.1 Å². The Kier molecular flexibility index (Phi) is 5.07. The first-order chi connectivity index (χ1) is 16.4. The lowest BCUT2D eigenvalue weighted by atomic mass is 9.54. The van der Waals surface area contributed by atoms with Crippen molar-refractivity contribution < 1.29 is 19.1 Å². The van der Waals surface area contributed by atoms with Gasteiger partial charge in [-0.15, -0.1) is 23.2 Å². The van der Waals surface area contributed by atoms with Crippen LogP contribution in [0, 0.1) is 11.8 Å². The quantitative estimate of drug-likeness (QED) is 0.507. The molecule has 2 bridgehead atoms. The lowest BCUT2D eigenvalue weighted by Crippen LogP contribution is -2.57. The SMILES string of the molecule is O=C(CCN1C(=O)[C@@H]2[C@@H](C1=O)C1(Cl)c3ccccc3C2(Cl)c2ccccc21)NC[C@H]1CCCO1. The Labute approximate surface area is 207 Å². The number of carbonyl (C=O) groups excluding carboxylic acids is 3. The van der Waals surface area contributed by atoms with Gasteiger partial charge >= 0.3 is 0 Å². The van der Waals surface area contributed by atoms with E-state index in [1.54, 1.807) is 0 Å². The van der Waals surface area contributed by atoms with Gasteiger partial charge in [0.25, 0.3) is 0 Å². The summed E-state index contributed by atoms with van der Waals surface area (Å²) >= 11 is 14.8. The Morgan fingerprint density at radius 3 is 1.88 bits per heavy atom. The molecule has 5 aliphatic rings. The molecule has 3 atom stereocenters. The molecule has 0 unspecified atom stereocenters. The molecule has 2 aromatic carbocycles. The summed E-state index contributed by atoms with van der Waals surface area (Å²) in [5, 5.41) is 2.85. The number of carbonyl (C=O) groups is 3. The zero-order chi connectivity index (χ0) is 23.7. The van der Waals surface area contributed by atoms with E-state index in [0.29, 0.717) is 13.2 Å². The minimum absolute atomic E-state index is 0.00531. The molecule has 2 heterocycles. The van der Waals surface area contributed by atoms with Crippen LogP contribution in [0.3, 0.4) is 0 Å². The average Bonchev–Trinajstić information content (AvgIpc) is 3.46. The molecule has 2 aliphatic heterocycles. The Bertz CT molecular complexity index is 1090. The number of amides is 3. The fraction of sp³-hybridized carbons (Fsp3) is 0.423. The lowest BCUT2D eigenvalue weighted by molar-refractivity contribution is -0.140. The number of imide groups is 1. The fourth-order valence-electron chi connectivity index (χ4n) is 6.28. The van der Waals surface area contributed by atoms with Crippen molar-refractivity contribution in [1.82, 2.24) is 10.2 Å². The highest BCUT2D eigenvalue weighted by atomic mass is 35.5. The Balaban J connectivity index is 1.32. The zero-order valence-corrected chi connectivity index (χ0v) is 19.9. The number of hydrogen-bond donors (Lipinski definition) is 1. The minimum atomic E-state index is -1.20. The maximum atomic E-state index is 13.7. The molecule has 0 spiro atoms. The number of alkyl halides is 2. The van der Waals surface area contributed by atoms with Crippen LogP contribution in [0.5, 0.6) is 0 Å². The van der Waals surface area contributed by atoms with Crippen LogP contribution in [0.25, 0.3) is 0 Å². The molecule has 34 heavy (non-hydrogen) atoms. The van der Waals surface area contributed by atoms with Crippen LogP contribution in [-0.2, 0) is 28.9 Å². The van der Waals surface area contributed by atoms with Gasteiger partial charge in [0.2, 0.25) is 17.7 Å². The van der Waals surface area contributed by atoms with Crippen molar-refractivity contribution in [3.63, 3.8) is 0 Å². The van der Waals surface area contributed by atoms with Crippen molar-refractivity contribution in [2.45, 2.75) is 35.1 Å². The maximum Gasteiger partial charge on any atom is 0.235 e. The second kappa shape index (κ2) is 7.80. The molecule has 0 radical (unpaired) electrons. The molecule has 8 heteroatoms. The fourth-order valence-corrected chi connectivity index (χ4v) is 7.38. The smallest absolute Gasteiger partial charge is 0.235 e. The predicted molar refractivity (Wildman–Crippen MR) is 126 cm³/mol. The summed E-state index contributed by atoms with van der Waals surface area (Å²) in [6, 6.07) is 15.1. The van der Waals surface area contributed by atoms with Crippen molar-refractivity contribution in [1.29, 1.82) is 0 Å².